The molecule has 1 aliphatic carbocycles. The van der Waals surface area contributed by atoms with Gasteiger partial charge in [-0.05, 0) is 62.8 Å². The van der Waals surface area contributed by atoms with Crippen LogP contribution in [0.5, 0.6) is 0 Å². The van der Waals surface area contributed by atoms with Crippen LogP contribution in [0.4, 0.5) is 4.39 Å². The van der Waals surface area contributed by atoms with E-state index in [0.717, 1.165) is 40.6 Å². The molecule has 0 bridgehead atoms. The van der Waals surface area contributed by atoms with Gasteiger partial charge in [0.05, 0.1) is 18.3 Å². The number of aryl methyl sites for hydroxylation is 3. The number of benzene rings is 1. The Morgan fingerprint density at radius 3 is 2.83 bits per heavy atom. The van der Waals surface area contributed by atoms with Gasteiger partial charge in [0.15, 0.2) is 0 Å². The number of hydrogen-bond donors (Lipinski definition) is 2. The van der Waals surface area contributed by atoms with Crippen molar-refractivity contribution in [3.8, 4) is 0 Å². The second-order valence-electron chi connectivity index (χ2n) is 8.43. The second kappa shape index (κ2) is 7.97. The molecule has 29 heavy (non-hydrogen) atoms. The second-order valence-corrected chi connectivity index (χ2v) is 9.51. The van der Waals surface area contributed by atoms with E-state index in [-0.39, 0.29) is 23.5 Å². The molecule has 3 aromatic rings. The molecule has 1 aliphatic rings. The van der Waals surface area contributed by atoms with Gasteiger partial charge in [-0.25, -0.2) is 9.37 Å². The van der Waals surface area contributed by atoms with E-state index in [0.29, 0.717) is 19.0 Å². The molecule has 1 unspecified atom stereocenters. The van der Waals surface area contributed by atoms with Gasteiger partial charge in [-0.3, -0.25) is 9.36 Å². The largest absolute Gasteiger partial charge is 0.394 e. The van der Waals surface area contributed by atoms with E-state index < -0.39 is 0 Å². The van der Waals surface area contributed by atoms with Crippen LogP contribution in [0.2, 0.25) is 0 Å². The van der Waals surface area contributed by atoms with Crippen molar-refractivity contribution in [2.75, 3.05) is 6.61 Å². The predicted octanol–water partition coefficient (Wildman–Crippen LogP) is 3.06. The first-order valence-electron chi connectivity index (χ1n) is 9.99. The third-order valence-electron chi connectivity index (χ3n) is 5.58. The highest BCUT2D eigenvalue weighted by Gasteiger charge is 2.28. The number of nitrogens with one attached hydrogen (secondary N) is 1. The fourth-order valence-corrected chi connectivity index (χ4v) is 5.24. The Labute approximate surface area is 173 Å². The molecule has 1 aromatic carbocycles. The molecule has 0 spiro atoms. The summed E-state index contributed by atoms with van der Waals surface area (Å²) in [5.41, 5.74) is 1.82. The van der Waals surface area contributed by atoms with Crippen LogP contribution in [0.25, 0.3) is 10.2 Å². The van der Waals surface area contributed by atoms with E-state index in [1.165, 1.54) is 17.0 Å². The average Bonchev–Trinajstić information content (AvgIpc) is 3.07. The zero-order chi connectivity index (χ0) is 20.6. The van der Waals surface area contributed by atoms with Crippen LogP contribution in [0.3, 0.4) is 0 Å². The standard InChI is InChI=1S/C22H26FN3O2S/c1-22(2,12-27)25-16-7-8-17-18(11-16)29-20-19(17)21(28)26(13-24-20)10-9-14-3-5-15(23)6-4-14/h3-6,13,16,25,27H,7-12H2,1-2H3. The highest BCUT2D eigenvalue weighted by atomic mass is 32.1. The Kier molecular flexibility index (Phi) is 5.55. The van der Waals surface area contributed by atoms with Gasteiger partial charge in [0, 0.05) is 23.0 Å². The fourth-order valence-electron chi connectivity index (χ4n) is 3.98. The molecule has 0 aliphatic heterocycles. The monoisotopic (exact) mass is 415 g/mol. The summed E-state index contributed by atoms with van der Waals surface area (Å²) >= 11 is 1.61. The lowest BCUT2D eigenvalue weighted by Gasteiger charge is -2.32. The van der Waals surface area contributed by atoms with E-state index in [1.807, 2.05) is 13.8 Å². The number of aromatic nitrogens is 2. The SMILES string of the molecule is CC(C)(CO)NC1CCc2c(sc3ncn(CCc4ccc(F)cc4)c(=O)c23)C1. The molecular weight excluding hydrogens is 389 g/mol. The molecule has 4 rings (SSSR count). The molecule has 5 nitrogen and oxygen atoms in total. The third-order valence-corrected chi connectivity index (χ3v) is 6.74. The highest BCUT2D eigenvalue weighted by molar-refractivity contribution is 7.18. The number of fused-ring (bicyclic) bond motifs is 3. The zero-order valence-corrected chi connectivity index (χ0v) is 17.6. The Bertz CT molecular complexity index is 1070. The molecule has 0 saturated carbocycles. The number of nitrogens with zero attached hydrogens (tertiary/aromatic N) is 2. The van der Waals surface area contributed by atoms with E-state index in [1.54, 1.807) is 34.4 Å². The van der Waals surface area contributed by atoms with Gasteiger partial charge in [-0.15, -0.1) is 11.3 Å². The van der Waals surface area contributed by atoms with Crippen molar-refractivity contribution >= 4 is 21.6 Å². The smallest absolute Gasteiger partial charge is 0.262 e. The lowest BCUT2D eigenvalue weighted by Crippen LogP contribution is -2.50. The minimum atomic E-state index is -0.315. The van der Waals surface area contributed by atoms with Crippen LogP contribution in [-0.2, 0) is 25.8 Å². The van der Waals surface area contributed by atoms with Crippen molar-refractivity contribution in [3.63, 3.8) is 0 Å². The highest BCUT2D eigenvalue weighted by Crippen LogP contribution is 2.34. The quantitative estimate of drug-likeness (QED) is 0.649. The van der Waals surface area contributed by atoms with Gasteiger partial charge < -0.3 is 10.4 Å². The van der Waals surface area contributed by atoms with E-state index >= 15 is 0 Å². The van der Waals surface area contributed by atoms with E-state index in [4.69, 9.17) is 0 Å². The summed E-state index contributed by atoms with van der Waals surface area (Å²) in [5, 5.41) is 13.8. The Morgan fingerprint density at radius 2 is 2.10 bits per heavy atom. The van der Waals surface area contributed by atoms with Crippen molar-refractivity contribution in [1.29, 1.82) is 0 Å². The Hall–Kier alpha value is -2.09. The molecule has 0 amide bonds. The average molecular weight is 416 g/mol. The van der Waals surface area contributed by atoms with Crippen LogP contribution in [0.1, 0.15) is 36.3 Å². The molecule has 2 heterocycles. The molecule has 0 radical (unpaired) electrons. The Balaban J connectivity index is 1.56. The van der Waals surface area contributed by atoms with Crippen molar-refractivity contribution in [2.24, 2.45) is 0 Å². The molecule has 2 N–H and O–H groups in total. The van der Waals surface area contributed by atoms with Gasteiger partial charge in [0.2, 0.25) is 0 Å². The number of thiophene rings is 1. The summed E-state index contributed by atoms with van der Waals surface area (Å²) in [6.07, 6.45) is 4.91. The summed E-state index contributed by atoms with van der Waals surface area (Å²) in [6.45, 7) is 4.60. The lowest BCUT2D eigenvalue weighted by atomic mass is 9.91. The Morgan fingerprint density at radius 1 is 1.34 bits per heavy atom. The summed E-state index contributed by atoms with van der Waals surface area (Å²) in [7, 11) is 0. The van der Waals surface area contributed by atoms with Gasteiger partial charge in [0.1, 0.15) is 10.6 Å². The molecule has 154 valence electrons. The van der Waals surface area contributed by atoms with Crippen molar-refractivity contribution in [3.05, 3.63) is 62.8 Å². The zero-order valence-electron chi connectivity index (χ0n) is 16.7. The van der Waals surface area contributed by atoms with Crippen molar-refractivity contribution in [2.45, 2.75) is 57.7 Å². The van der Waals surface area contributed by atoms with Crippen LogP contribution < -0.4 is 10.9 Å². The van der Waals surface area contributed by atoms with Gasteiger partial charge in [-0.2, -0.15) is 0 Å². The number of aliphatic hydroxyl groups excluding tert-OH is 1. The first-order valence-corrected chi connectivity index (χ1v) is 10.8. The number of hydrogen-bond acceptors (Lipinski definition) is 5. The van der Waals surface area contributed by atoms with Crippen LogP contribution >= 0.6 is 11.3 Å². The topological polar surface area (TPSA) is 67.2 Å². The molecule has 0 saturated heterocycles. The maximum atomic E-state index is 13.1. The molecule has 1 atom stereocenters. The fraction of sp³-hybridized carbons (Fsp3) is 0.455. The number of rotatable bonds is 6. The minimum absolute atomic E-state index is 0.0108. The first kappa shape index (κ1) is 20.2. The van der Waals surface area contributed by atoms with E-state index in [2.05, 4.69) is 10.3 Å². The predicted molar refractivity (Wildman–Crippen MR) is 114 cm³/mol. The van der Waals surface area contributed by atoms with Crippen LogP contribution in [0.15, 0.2) is 35.4 Å². The number of halogens is 1. The molecule has 0 fully saturated rings. The normalized spacial score (nSPS) is 16.9. The summed E-state index contributed by atoms with van der Waals surface area (Å²) < 4.78 is 14.7. The number of aliphatic hydroxyl groups is 1. The van der Waals surface area contributed by atoms with Gasteiger partial charge >= 0.3 is 0 Å². The van der Waals surface area contributed by atoms with E-state index in [9.17, 15) is 14.3 Å². The summed E-state index contributed by atoms with van der Waals surface area (Å²) in [4.78, 5) is 19.7. The molecule has 7 heteroatoms. The van der Waals surface area contributed by atoms with Crippen molar-refractivity contribution < 1.29 is 9.50 Å². The van der Waals surface area contributed by atoms with Crippen LogP contribution in [-0.4, -0.2) is 32.8 Å². The first-order chi connectivity index (χ1) is 13.9. The molecule has 2 aromatic heterocycles. The van der Waals surface area contributed by atoms with Crippen molar-refractivity contribution in [1.82, 2.24) is 14.9 Å². The third kappa shape index (κ3) is 4.27. The minimum Gasteiger partial charge on any atom is -0.394 e. The summed E-state index contributed by atoms with van der Waals surface area (Å²) in [5.74, 6) is -0.255. The van der Waals surface area contributed by atoms with Gasteiger partial charge in [0.25, 0.3) is 5.56 Å². The molecular formula is C22H26FN3O2S. The van der Waals surface area contributed by atoms with Crippen LogP contribution in [0, 0.1) is 5.82 Å². The lowest BCUT2D eigenvalue weighted by molar-refractivity contribution is 0.171. The van der Waals surface area contributed by atoms with Gasteiger partial charge in [-0.1, -0.05) is 12.1 Å². The maximum Gasteiger partial charge on any atom is 0.262 e. The maximum absolute atomic E-state index is 13.1. The summed E-state index contributed by atoms with van der Waals surface area (Å²) in [6, 6.07) is 6.67.